The molecule has 1 aromatic carbocycles. The van der Waals surface area contributed by atoms with E-state index in [0.29, 0.717) is 11.8 Å². The molecular weight excluding hydrogens is 338 g/mol. The van der Waals surface area contributed by atoms with E-state index in [9.17, 15) is 5.11 Å². The molecule has 2 aromatic heterocycles. The standard InChI is InChI=1S/C21H25N5O/c1-13-8-14(2)20(15(3)9-13)25-19-10-18(17-6-5-7-22-11-17)24-21(26-19)23-16(4)12-27/h5-11,16,27H,12H2,1-4H3,(H2,23,24,25,26)/t16-/m0/s1. The fourth-order valence-corrected chi connectivity index (χ4v) is 3.01. The van der Waals surface area contributed by atoms with Crippen molar-refractivity contribution in [2.45, 2.75) is 33.7 Å². The van der Waals surface area contributed by atoms with E-state index in [0.717, 1.165) is 28.1 Å². The number of benzene rings is 1. The Bertz CT molecular complexity index is 904. The number of aliphatic hydroxyl groups is 1. The van der Waals surface area contributed by atoms with Crippen LogP contribution < -0.4 is 10.6 Å². The predicted octanol–water partition coefficient (Wildman–Crippen LogP) is 4.00. The Hall–Kier alpha value is -2.99. The third-order valence-corrected chi connectivity index (χ3v) is 4.26. The van der Waals surface area contributed by atoms with E-state index in [-0.39, 0.29) is 12.6 Å². The number of pyridine rings is 1. The number of nitrogens with one attached hydrogen (secondary N) is 2. The van der Waals surface area contributed by atoms with Gasteiger partial charge in [0.15, 0.2) is 0 Å². The van der Waals surface area contributed by atoms with Crippen LogP contribution in [0.3, 0.4) is 0 Å². The molecule has 0 fully saturated rings. The van der Waals surface area contributed by atoms with E-state index in [1.807, 2.05) is 25.1 Å². The van der Waals surface area contributed by atoms with Crippen molar-refractivity contribution < 1.29 is 5.11 Å². The van der Waals surface area contributed by atoms with Crippen LogP contribution in [0.5, 0.6) is 0 Å². The average molecular weight is 363 g/mol. The lowest BCUT2D eigenvalue weighted by molar-refractivity contribution is 0.281. The number of nitrogens with zero attached hydrogens (tertiary/aromatic N) is 3. The second-order valence-electron chi connectivity index (χ2n) is 6.83. The SMILES string of the molecule is Cc1cc(C)c(Nc2cc(-c3cccnc3)nc(N[C@@H](C)CO)n2)c(C)c1. The third-order valence-electron chi connectivity index (χ3n) is 4.26. The summed E-state index contributed by atoms with van der Waals surface area (Å²) < 4.78 is 0. The highest BCUT2D eigenvalue weighted by Gasteiger charge is 2.11. The minimum atomic E-state index is -0.148. The highest BCUT2D eigenvalue weighted by molar-refractivity contribution is 5.70. The summed E-state index contributed by atoms with van der Waals surface area (Å²) in [6, 6.07) is 9.88. The zero-order valence-electron chi connectivity index (χ0n) is 16.1. The smallest absolute Gasteiger partial charge is 0.225 e. The molecule has 0 aliphatic carbocycles. The first-order chi connectivity index (χ1) is 13.0. The van der Waals surface area contributed by atoms with Crippen LogP contribution in [0.15, 0.2) is 42.7 Å². The number of hydrogen-bond donors (Lipinski definition) is 3. The van der Waals surface area contributed by atoms with Gasteiger partial charge in [0.05, 0.1) is 12.3 Å². The van der Waals surface area contributed by atoms with Crippen LogP contribution >= 0.6 is 0 Å². The zero-order valence-corrected chi connectivity index (χ0v) is 16.1. The highest BCUT2D eigenvalue weighted by Crippen LogP contribution is 2.28. The molecule has 140 valence electrons. The highest BCUT2D eigenvalue weighted by atomic mass is 16.3. The number of anilines is 3. The summed E-state index contributed by atoms with van der Waals surface area (Å²) in [4.78, 5) is 13.3. The van der Waals surface area contributed by atoms with Crippen LogP contribution in [0.4, 0.5) is 17.5 Å². The van der Waals surface area contributed by atoms with Crippen molar-refractivity contribution in [3.8, 4) is 11.3 Å². The molecule has 1 atom stereocenters. The molecule has 0 spiro atoms. The molecule has 0 amide bonds. The Morgan fingerprint density at radius 2 is 1.81 bits per heavy atom. The van der Waals surface area contributed by atoms with Crippen molar-refractivity contribution in [2.75, 3.05) is 17.2 Å². The van der Waals surface area contributed by atoms with Crippen LogP contribution in [-0.4, -0.2) is 32.7 Å². The molecule has 0 aliphatic heterocycles. The molecule has 2 heterocycles. The Kier molecular flexibility index (Phi) is 5.66. The molecule has 3 rings (SSSR count). The second kappa shape index (κ2) is 8.14. The second-order valence-corrected chi connectivity index (χ2v) is 6.83. The molecule has 0 bridgehead atoms. The predicted molar refractivity (Wildman–Crippen MR) is 109 cm³/mol. The van der Waals surface area contributed by atoms with Crippen molar-refractivity contribution in [3.63, 3.8) is 0 Å². The van der Waals surface area contributed by atoms with Gasteiger partial charge >= 0.3 is 0 Å². The molecule has 0 radical (unpaired) electrons. The molecule has 6 nitrogen and oxygen atoms in total. The Morgan fingerprint density at radius 1 is 1.07 bits per heavy atom. The number of aromatic nitrogens is 3. The van der Waals surface area contributed by atoms with E-state index < -0.39 is 0 Å². The molecule has 27 heavy (non-hydrogen) atoms. The van der Waals surface area contributed by atoms with Gasteiger partial charge in [0.2, 0.25) is 5.95 Å². The normalized spacial score (nSPS) is 11.9. The molecule has 0 saturated heterocycles. The lowest BCUT2D eigenvalue weighted by Crippen LogP contribution is -2.21. The Morgan fingerprint density at radius 3 is 2.44 bits per heavy atom. The average Bonchev–Trinajstić information content (AvgIpc) is 2.65. The fourth-order valence-electron chi connectivity index (χ4n) is 3.01. The topological polar surface area (TPSA) is 83.0 Å². The van der Waals surface area contributed by atoms with E-state index in [1.54, 1.807) is 12.4 Å². The van der Waals surface area contributed by atoms with E-state index in [1.165, 1.54) is 5.56 Å². The van der Waals surface area contributed by atoms with Crippen molar-refractivity contribution >= 4 is 17.5 Å². The van der Waals surface area contributed by atoms with Gasteiger partial charge in [0, 0.05) is 35.8 Å². The maximum absolute atomic E-state index is 9.34. The number of aliphatic hydroxyl groups excluding tert-OH is 1. The van der Waals surface area contributed by atoms with Gasteiger partial charge < -0.3 is 15.7 Å². The summed E-state index contributed by atoms with van der Waals surface area (Å²) >= 11 is 0. The van der Waals surface area contributed by atoms with E-state index in [4.69, 9.17) is 0 Å². The van der Waals surface area contributed by atoms with E-state index in [2.05, 4.69) is 58.5 Å². The monoisotopic (exact) mass is 363 g/mol. The van der Waals surface area contributed by atoms with Crippen LogP contribution in [0.25, 0.3) is 11.3 Å². The van der Waals surface area contributed by atoms with Crippen LogP contribution in [0, 0.1) is 20.8 Å². The Labute approximate surface area is 159 Å². The van der Waals surface area contributed by atoms with Gasteiger partial charge in [-0.2, -0.15) is 4.98 Å². The van der Waals surface area contributed by atoms with E-state index >= 15 is 0 Å². The molecule has 3 aromatic rings. The quantitative estimate of drug-likeness (QED) is 0.614. The first-order valence-corrected chi connectivity index (χ1v) is 8.98. The summed E-state index contributed by atoms with van der Waals surface area (Å²) in [7, 11) is 0. The van der Waals surface area contributed by atoms with Crippen LogP contribution in [-0.2, 0) is 0 Å². The van der Waals surface area contributed by atoms with Crippen LogP contribution in [0.1, 0.15) is 23.6 Å². The third kappa shape index (κ3) is 4.60. The van der Waals surface area contributed by atoms with Gasteiger partial charge in [-0.1, -0.05) is 17.7 Å². The van der Waals surface area contributed by atoms with Gasteiger partial charge in [0.1, 0.15) is 5.82 Å². The molecular formula is C21H25N5O. The maximum Gasteiger partial charge on any atom is 0.225 e. The van der Waals surface area contributed by atoms with Crippen molar-refractivity contribution in [1.29, 1.82) is 0 Å². The summed E-state index contributed by atoms with van der Waals surface area (Å²) in [6.45, 7) is 8.13. The molecule has 0 unspecified atom stereocenters. The maximum atomic E-state index is 9.34. The number of hydrogen-bond acceptors (Lipinski definition) is 6. The molecule has 0 saturated carbocycles. The fraction of sp³-hybridized carbons (Fsp3) is 0.286. The van der Waals surface area contributed by atoms with Crippen molar-refractivity contribution in [2.24, 2.45) is 0 Å². The van der Waals surface area contributed by atoms with Gasteiger partial charge in [-0.15, -0.1) is 0 Å². The number of rotatable bonds is 6. The summed E-state index contributed by atoms with van der Waals surface area (Å²) in [6.07, 6.45) is 3.50. The first kappa shape index (κ1) is 18.8. The summed E-state index contributed by atoms with van der Waals surface area (Å²) in [5.41, 5.74) is 6.25. The summed E-state index contributed by atoms with van der Waals surface area (Å²) in [5.74, 6) is 1.15. The van der Waals surface area contributed by atoms with Gasteiger partial charge in [-0.25, -0.2) is 4.98 Å². The number of aryl methyl sites for hydroxylation is 3. The van der Waals surface area contributed by atoms with Gasteiger partial charge in [0.25, 0.3) is 0 Å². The van der Waals surface area contributed by atoms with Crippen molar-refractivity contribution in [3.05, 3.63) is 59.4 Å². The lowest BCUT2D eigenvalue weighted by Gasteiger charge is -2.16. The molecule has 0 aliphatic rings. The largest absolute Gasteiger partial charge is 0.394 e. The van der Waals surface area contributed by atoms with Gasteiger partial charge in [-0.05, 0) is 51.0 Å². The minimum absolute atomic E-state index is 0.000575. The Balaban J connectivity index is 2.02. The first-order valence-electron chi connectivity index (χ1n) is 8.98. The molecule has 3 N–H and O–H groups in total. The minimum Gasteiger partial charge on any atom is -0.394 e. The van der Waals surface area contributed by atoms with Gasteiger partial charge in [-0.3, -0.25) is 4.98 Å². The van der Waals surface area contributed by atoms with Crippen molar-refractivity contribution in [1.82, 2.24) is 15.0 Å². The summed E-state index contributed by atoms with van der Waals surface area (Å²) in [5, 5.41) is 15.9. The van der Waals surface area contributed by atoms with Crippen LogP contribution in [0.2, 0.25) is 0 Å². The zero-order chi connectivity index (χ0) is 19.4. The lowest BCUT2D eigenvalue weighted by atomic mass is 10.1. The molecule has 6 heteroatoms.